The second-order valence-corrected chi connectivity index (χ2v) is 4.23. The molecular weight excluding hydrogens is 270 g/mol. The van der Waals surface area contributed by atoms with Gasteiger partial charge in [0.1, 0.15) is 17.3 Å². The summed E-state index contributed by atoms with van der Waals surface area (Å²) in [6.45, 7) is 0. The highest BCUT2D eigenvalue weighted by Crippen LogP contribution is 2.28. The van der Waals surface area contributed by atoms with Gasteiger partial charge in [0.05, 0.1) is 23.7 Å². The molecule has 0 spiro atoms. The lowest BCUT2D eigenvalue weighted by Gasteiger charge is -2.08. The summed E-state index contributed by atoms with van der Waals surface area (Å²) in [7, 11) is 0. The molecule has 6 nitrogen and oxygen atoms in total. The highest BCUT2D eigenvalue weighted by Gasteiger charge is 2.22. The summed E-state index contributed by atoms with van der Waals surface area (Å²) in [5, 5.41) is 22.6. The van der Waals surface area contributed by atoms with E-state index in [-0.39, 0.29) is 5.56 Å². The number of furan rings is 1. The third-order valence-corrected chi connectivity index (χ3v) is 3.01. The van der Waals surface area contributed by atoms with Crippen LogP contribution in [0, 0.1) is 11.3 Å². The van der Waals surface area contributed by atoms with Gasteiger partial charge in [0.2, 0.25) is 0 Å². The maximum absolute atomic E-state index is 11.4. The van der Waals surface area contributed by atoms with Crippen LogP contribution in [0.25, 0.3) is 17.1 Å². The molecule has 6 heteroatoms. The van der Waals surface area contributed by atoms with E-state index in [1.54, 1.807) is 36.4 Å². The predicted molar refractivity (Wildman–Crippen MR) is 72.9 cm³/mol. The maximum Gasteiger partial charge on any atom is 0.339 e. The standard InChI is InChI=1S/C15H9N3O3/c16-8-10-4-1-2-5-12(10)18-14(13-6-3-7-21-13)11(9-17-18)15(19)20/h1-7,9H,(H,19,20). The van der Waals surface area contributed by atoms with Crippen LogP contribution in [0.5, 0.6) is 0 Å². The Balaban J connectivity index is 2.30. The minimum Gasteiger partial charge on any atom is -0.478 e. The van der Waals surface area contributed by atoms with E-state index in [4.69, 9.17) is 4.42 Å². The van der Waals surface area contributed by atoms with Crippen molar-refractivity contribution in [3.63, 3.8) is 0 Å². The summed E-state index contributed by atoms with van der Waals surface area (Å²) >= 11 is 0. The minimum absolute atomic E-state index is 0.0118. The lowest BCUT2D eigenvalue weighted by molar-refractivity contribution is 0.0697. The third-order valence-electron chi connectivity index (χ3n) is 3.01. The number of carboxylic acid groups (broad SMARTS) is 1. The summed E-state index contributed by atoms with van der Waals surface area (Å²) in [4.78, 5) is 11.4. The fourth-order valence-corrected chi connectivity index (χ4v) is 2.09. The lowest BCUT2D eigenvalue weighted by atomic mass is 10.1. The number of nitrogens with zero attached hydrogens (tertiary/aromatic N) is 3. The fraction of sp³-hybridized carbons (Fsp3) is 0. The van der Waals surface area contributed by atoms with Crippen LogP contribution in [-0.4, -0.2) is 20.9 Å². The summed E-state index contributed by atoms with van der Waals surface area (Å²) in [5.41, 5.74) is 1.21. The molecule has 3 rings (SSSR count). The largest absolute Gasteiger partial charge is 0.478 e. The van der Waals surface area contributed by atoms with Crippen molar-refractivity contribution in [2.75, 3.05) is 0 Å². The quantitative estimate of drug-likeness (QED) is 0.795. The zero-order chi connectivity index (χ0) is 14.8. The van der Waals surface area contributed by atoms with Crippen LogP contribution in [0.2, 0.25) is 0 Å². The average molecular weight is 279 g/mol. The highest BCUT2D eigenvalue weighted by molar-refractivity contribution is 5.94. The van der Waals surface area contributed by atoms with Gasteiger partial charge in [-0.15, -0.1) is 0 Å². The number of hydrogen-bond acceptors (Lipinski definition) is 4. The summed E-state index contributed by atoms with van der Waals surface area (Å²) in [6.07, 6.45) is 2.70. The number of aromatic carboxylic acids is 1. The zero-order valence-corrected chi connectivity index (χ0v) is 10.7. The van der Waals surface area contributed by atoms with Gasteiger partial charge in [0.15, 0.2) is 5.76 Å². The van der Waals surface area contributed by atoms with Crippen molar-refractivity contribution < 1.29 is 14.3 Å². The molecule has 0 bridgehead atoms. The number of nitriles is 1. The van der Waals surface area contributed by atoms with Crippen molar-refractivity contribution in [3.8, 4) is 23.2 Å². The van der Waals surface area contributed by atoms with Crippen molar-refractivity contribution in [2.45, 2.75) is 0 Å². The van der Waals surface area contributed by atoms with Crippen molar-refractivity contribution in [1.82, 2.24) is 9.78 Å². The molecule has 0 radical (unpaired) electrons. The first kappa shape index (κ1) is 12.7. The van der Waals surface area contributed by atoms with E-state index >= 15 is 0 Å². The first-order valence-corrected chi connectivity index (χ1v) is 6.07. The molecule has 0 amide bonds. The van der Waals surface area contributed by atoms with Crippen LogP contribution < -0.4 is 0 Å². The van der Waals surface area contributed by atoms with Gasteiger partial charge in [0, 0.05) is 0 Å². The Hall–Kier alpha value is -3.33. The Kier molecular flexibility index (Phi) is 3.01. The highest BCUT2D eigenvalue weighted by atomic mass is 16.4. The first-order valence-electron chi connectivity index (χ1n) is 6.07. The number of carboxylic acids is 1. The zero-order valence-electron chi connectivity index (χ0n) is 10.7. The number of hydrogen-bond donors (Lipinski definition) is 1. The van der Waals surface area contributed by atoms with Crippen LogP contribution >= 0.6 is 0 Å². The predicted octanol–water partition coefficient (Wildman–Crippen LogP) is 2.70. The van der Waals surface area contributed by atoms with Gasteiger partial charge in [-0.2, -0.15) is 10.4 Å². The van der Waals surface area contributed by atoms with Gasteiger partial charge < -0.3 is 9.52 Å². The van der Waals surface area contributed by atoms with E-state index in [2.05, 4.69) is 11.2 Å². The van der Waals surface area contributed by atoms with Crippen LogP contribution in [0.15, 0.2) is 53.3 Å². The van der Waals surface area contributed by atoms with Crippen LogP contribution in [-0.2, 0) is 0 Å². The monoisotopic (exact) mass is 279 g/mol. The van der Waals surface area contributed by atoms with E-state index < -0.39 is 5.97 Å². The molecule has 0 saturated carbocycles. The van der Waals surface area contributed by atoms with Crippen molar-refractivity contribution in [2.24, 2.45) is 0 Å². The molecular formula is C15H9N3O3. The maximum atomic E-state index is 11.4. The number of rotatable bonds is 3. The summed E-state index contributed by atoms with van der Waals surface area (Å²) in [6, 6.07) is 12.2. The number of para-hydroxylation sites is 1. The van der Waals surface area contributed by atoms with Gasteiger partial charge in [-0.3, -0.25) is 0 Å². The normalized spacial score (nSPS) is 10.2. The molecule has 2 aromatic heterocycles. The molecule has 0 aliphatic heterocycles. The van der Waals surface area contributed by atoms with Gasteiger partial charge in [-0.05, 0) is 24.3 Å². The first-order chi connectivity index (χ1) is 10.2. The van der Waals surface area contributed by atoms with Crippen molar-refractivity contribution >= 4 is 5.97 Å². The molecule has 1 N–H and O–H groups in total. The van der Waals surface area contributed by atoms with Crippen LogP contribution in [0.1, 0.15) is 15.9 Å². The Bertz CT molecular complexity index is 841. The Morgan fingerprint density at radius 2 is 2.10 bits per heavy atom. The lowest BCUT2D eigenvalue weighted by Crippen LogP contribution is -2.04. The van der Waals surface area contributed by atoms with E-state index in [1.165, 1.54) is 17.1 Å². The Morgan fingerprint density at radius 1 is 1.29 bits per heavy atom. The van der Waals surface area contributed by atoms with E-state index in [1.807, 2.05) is 0 Å². The molecule has 102 valence electrons. The number of carbonyl (C=O) groups is 1. The number of benzene rings is 1. The second kappa shape index (κ2) is 4.98. The molecule has 21 heavy (non-hydrogen) atoms. The molecule has 1 aromatic carbocycles. The Morgan fingerprint density at radius 3 is 2.76 bits per heavy atom. The summed E-state index contributed by atoms with van der Waals surface area (Å²) < 4.78 is 6.70. The van der Waals surface area contributed by atoms with Crippen LogP contribution in [0.3, 0.4) is 0 Å². The van der Waals surface area contributed by atoms with Gasteiger partial charge in [0.25, 0.3) is 0 Å². The smallest absolute Gasteiger partial charge is 0.339 e. The van der Waals surface area contributed by atoms with Crippen LogP contribution in [0.4, 0.5) is 0 Å². The second-order valence-electron chi connectivity index (χ2n) is 4.23. The van der Waals surface area contributed by atoms with Crippen molar-refractivity contribution in [3.05, 3.63) is 60.0 Å². The Labute approximate surface area is 119 Å². The van der Waals surface area contributed by atoms with E-state index in [9.17, 15) is 15.2 Å². The fourth-order valence-electron chi connectivity index (χ4n) is 2.09. The molecule has 0 unspecified atom stereocenters. The molecule has 0 saturated heterocycles. The average Bonchev–Trinajstić information content (AvgIpc) is 3.15. The van der Waals surface area contributed by atoms with E-state index in [0.717, 1.165) is 0 Å². The summed E-state index contributed by atoms with van der Waals surface area (Å²) in [5.74, 6) is -0.736. The molecule has 0 fully saturated rings. The molecule has 0 aliphatic carbocycles. The van der Waals surface area contributed by atoms with Gasteiger partial charge in [-0.1, -0.05) is 12.1 Å². The van der Waals surface area contributed by atoms with E-state index in [0.29, 0.717) is 22.7 Å². The number of aromatic nitrogens is 2. The molecule has 3 aromatic rings. The van der Waals surface area contributed by atoms with Gasteiger partial charge in [-0.25, -0.2) is 9.48 Å². The molecule has 2 heterocycles. The molecule has 0 atom stereocenters. The van der Waals surface area contributed by atoms with Gasteiger partial charge >= 0.3 is 5.97 Å². The molecule has 0 aliphatic rings. The third kappa shape index (κ3) is 2.07. The topological polar surface area (TPSA) is 92.0 Å². The van der Waals surface area contributed by atoms with Crippen molar-refractivity contribution in [1.29, 1.82) is 5.26 Å². The SMILES string of the molecule is N#Cc1ccccc1-n1ncc(C(=O)O)c1-c1ccco1. The minimum atomic E-state index is -1.11.